The summed E-state index contributed by atoms with van der Waals surface area (Å²) in [5.41, 5.74) is 5.90. The lowest BCUT2D eigenvalue weighted by molar-refractivity contribution is 0.289. The number of methoxy groups -OCH3 is 1. The van der Waals surface area contributed by atoms with E-state index < -0.39 is 0 Å². The molecule has 2 aromatic heterocycles. The summed E-state index contributed by atoms with van der Waals surface area (Å²) < 4.78 is 12.8. The highest BCUT2D eigenvalue weighted by Gasteiger charge is 2.17. The molecule has 0 bridgehead atoms. The van der Waals surface area contributed by atoms with Gasteiger partial charge < -0.3 is 18.7 Å². The van der Waals surface area contributed by atoms with Crippen LogP contribution in [0.2, 0.25) is 0 Å². The molecule has 0 amide bonds. The lowest BCUT2D eigenvalue weighted by Gasteiger charge is -2.19. The zero-order valence-corrected chi connectivity index (χ0v) is 22.6. The quantitative estimate of drug-likeness (QED) is 0.223. The number of benzene rings is 2. The van der Waals surface area contributed by atoms with E-state index in [-0.39, 0.29) is 12.4 Å². The van der Waals surface area contributed by atoms with Crippen LogP contribution in [0.3, 0.4) is 0 Å². The van der Waals surface area contributed by atoms with Crippen molar-refractivity contribution in [1.29, 1.82) is 0 Å². The third-order valence-electron chi connectivity index (χ3n) is 6.56. The third kappa shape index (κ3) is 5.77. The number of hydrogen-bond acceptors (Lipinski definition) is 7. The summed E-state index contributed by atoms with van der Waals surface area (Å²) in [5, 5.41) is 14.0. The highest BCUT2D eigenvalue weighted by atomic mass is 35.5. The largest absolute Gasteiger partial charge is 0.496 e. The van der Waals surface area contributed by atoms with Crippen molar-refractivity contribution < 1.29 is 9.26 Å². The Morgan fingerprint density at radius 2 is 1.83 bits per heavy atom. The van der Waals surface area contributed by atoms with Crippen LogP contribution in [0.25, 0.3) is 22.6 Å². The number of fused-ring (bicyclic) bond motifs is 1. The van der Waals surface area contributed by atoms with Gasteiger partial charge in [-0.25, -0.2) is 0 Å². The molecule has 1 aliphatic rings. The van der Waals surface area contributed by atoms with Gasteiger partial charge in [0.25, 0.3) is 0 Å². The van der Waals surface area contributed by atoms with E-state index >= 15 is 0 Å². The van der Waals surface area contributed by atoms with Crippen molar-refractivity contribution in [2.75, 3.05) is 32.5 Å². The molecule has 0 N–H and O–H groups in total. The van der Waals surface area contributed by atoms with Crippen molar-refractivity contribution in [2.24, 2.45) is 7.05 Å². The van der Waals surface area contributed by atoms with Crippen molar-refractivity contribution in [3.8, 4) is 28.4 Å². The van der Waals surface area contributed by atoms with Crippen LogP contribution in [0.15, 0.2) is 58.2 Å². The summed E-state index contributed by atoms with van der Waals surface area (Å²) in [5.74, 6) is 3.49. The van der Waals surface area contributed by atoms with Gasteiger partial charge in [-0.15, -0.1) is 22.6 Å². The predicted molar refractivity (Wildman–Crippen MR) is 146 cm³/mol. The molecule has 0 aliphatic carbocycles. The second kappa shape index (κ2) is 12.0. The number of halogens is 1. The molecule has 5 rings (SSSR count). The molecular weight excluding hydrogens is 494 g/mol. The Morgan fingerprint density at radius 1 is 1.03 bits per heavy atom. The summed E-state index contributed by atoms with van der Waals surface area (Å²) >= 11 is 1.76. The van der Waals surface area contributed by atoms with Gasteiger partial charge in [0, 0.05) is 37.5 Å². The molecule has 0 saturated heterocycles. The Labute approximate surface area is 222 Å². The molecule has 0 fully saturated rings. The molecule has 0 radical (unpaired) electrons. The Balaban J connectivity index is 0.00000304. The van der Waals surface area contributed by atoms with E-state index in [9.17, 15) is 0 Å². The molecule has 7 nitrogen and oxygen atoms in total. The Bertz CT molecular complexity index is 1310. The highest BCUT2D eigenvalue weighted by Crippen LogP contribution is 2.30. The number of para-hydroxylation sites is 1. The minimum absolute atomic E-state index is 0. The fourth-order valence-electron chi connectivity index (χ4n) is 4.61. The van der Waals surface area contributed by atoms with Crippen molar-refractivity contribution in [3.63, 3.8) is 0 Å². The second-order valence-electron chi connectivity index (χ2n) is 8.92. The number of rotatable bonds is 8. The van der Waals surface area contributed by atoms with Gasteiger partial charge in [-0.1, -0.05) is 41.2 Å². The molecule has 1 aliphatic heterocycles. The first-order valence-corrected chi connectivity index (χ1v) is 13.0. The average Bonchev–Trinajstić information content (AvgIpc) is 3.41. The van der Waals surface area contributed by atoms with Crippen LogP contribution in [0, 0.1) is 6.92 Å². The van der Waals surface area contributed by atoms with Gasteiger partial charge in [0.15, 0.2) is 11.0 Å². The first-order valence-electron chi connectivity index (χ1n) is 12.1. The summed E-state index contributed by atoms with van der Waals surface area (Å²) in [6.45, 7) is 5.20. The maximum Gasteiger partial charge on any atom is 0.191 e. The number of nitrogens with zero attached hydrogens (tertiary/aromatic N) is 5. The molecule has 0 saturated carbocycles. The summed E-state index contributed by atoms with van der Waals surface area (Å²) in [6.07, 6.45) is 3.27. The smallest absolute Gasteiger partial charge is 0.191 e. The van der Waals surface area contributed by atoms with E-state index in [1.165, 1.54) is 11.1 Å². The van der Waals surface area contributed by atoms with E-state index in [2.05, 4.69) is 43.0 Å². The van der Waals surface area contributed by atoms with E-state index in [0.29, 0.717) is 0 Å². The predicted octanol–water partition coefficient (Wildman–Crippen LogP) is 5.46. The molecule has 9 heteroatoms. The molecule has 190 valence electrons. The molecule has 0 spiro atoms. The fraction of sp³-hybridized carbons (Fsp3) is 0.370. The average molecular weight is 526 g/mol. The van der Waals surface area contributed by atoms with Gasteiger partial charge in [-0.3, -0.25) is 0 Å². The number of aryl methyl sites for hydroxylation is 1. The molecular formula is C27H32ClN5O2S. The lowest BCUT2D eigenvalue weighted by Crippen LogP contribution is -2.27. The van der Waals surface area contributed by atoms with E-state index in [1.54, 1.807) is 18.9 Å². The number of hydrogen-bond donors (Lipinski definition) is 0. The zero-order chi connectivity index (χ0) is 24.2. The Hall–Kier alpha value is -2.81. The van der Waals surface area contributed by atoms with Crippen LogP contribution in [-0.4, -0.2) is 57.3 Å². The number of thioether (sulfide) groups is 1. The van der Waals surface area contributed by atoms with Crippen molar-refractivity contribution >= 4 is 24.2 Å². The molecule has 0 atom stereocenters. The topological polar surface area (TPSA) is 69.2 Å². The minimum Gasteiger partial charge on any atom is -0.496 e. The van der Waals surface area contributed by atoms with Crippen LogP contribution < -0.4 is 4.74 Å². The summed E-state index contributed by atoms with van der Waals surface area (Å²) in [4.78, 5) is 2.58. The molecule has 3 heterocycles. The van der Waals surface area contributed by atoms with Crippen LogP contribution in [0.5, 0.6) is 5.75 Å². The SMILES string of the molecule is COc1ccccc1-c1nnc(SCCCN2CCc3ccc(-c4cc(C)on4)cc3CC2)n1C.Cl. The maximum absolute atomic E-state index is 5.49. The summed E-state index contributed by atoms with van der Waals surface area (Å²) in [7, 11) is 3.70. The summed E-state index contributed by atoms with van der Waals surface area (Å²) in [6, 6.07) is 16.7. The van der Waals surface area contributed by atoms with Gasteiger partial charge >= 0.3 is 0 Å². The zero-order valence-electron chi connectivity index (χ0n) is 20.9. The Kier molecular flexibility index (Phi) is 8.72. The normalized spacial score (nSPS) is 13.6. The molecule has 0 unspecified atom stereocenters. The molecule has 2 aromatic carbocycles. The maximum atomic E-state index is 5.49. The lowest BCUT2D eigenvalue weighted by atomic mass is 9.99. The third-order valence-corrected chi connectivity index (χ3v) is 7.66. The first kappa shape index (κ1) is 26.3. The van der Waals surface area contributed by atoms with E-state index in [1.807, 2.05) is 44.3 Å². The minimum atomic E-state index is 0. The standard InChI is InChI=1S/C27H31N5O2S.ClH/c1-19-17-24(30-34-19)22-10-9-20-11-14-32(15-12-21(20)18-22)13-6-16-35-27-29-28-26(31(27)2)23-7-4-5-8-25(23)33-3;/h4-5,7-10,17-18H,6,11-16H2,1-3H3;1H. The van der Waals surface area contributed by atoms with Gasteiger partial charge in [0.05, 0.1) is 12.7 Å². The number of aromatic nitrogens is 4. The van der Waals surface area contributed by atoms with Crippen molar-refractivity contribution in [3.05, 3.63) is 65.4 Å². The fourth-order valence-corrected chi connectivity index (χ4v) is 5.45. The first-order chi connectivity index (χ1) is 17.1. The van der Waals surface area contributed by atoms with Crippen molar-refractivity contribution in [2.45, 2.75) is 31.3 Å². The van der Waals surface area contributed by atoms with Crippen LogP contribution in [0.4, 0.5) is 0 Å². The van der Waals surface area contributed by atoms with Gasteiger partial charge in [0.2, 0.25) is 0 Å². The number of ether oxygens (including phenoxy) is 1. The van der Waals surface area contributed by atoms with Gasteiger partial charge in [-0.2, -0.15) is 0 Å². The highest BCUT2D eigenvalue weighted by molar-refractivity contribution is 7.99. The van der Waals surface area contributed by atoms with Crippen LogP contribution >= 0.6 is 24.2 Å². The van der Waals surface area contributed by atoms with Gasteiger partial charge in [-0.05, 0) is 62.1 Å². The van der Waals surface area contributed by atoms with E-state index in [4.69, 9.17) is 9.26 Å². The second-order valence-corrected chi connectivity index (χ2v) is 9.98. The van der Waals surface area contributed by atoms with E-state index in [0.717, 1.165) is 84.0 Å². The molecule has 4 aromatic rings. The van der Waals surface area contributed by atoms with Crippen LogP contribution in [0.1, 0.15) is 23.3 Å². The monoisotopic (exact) mass is 525 g/mol. The molecule has 36 heavy (non-hydrogen) atoms. The van der Waals surface area contributed by atoms with Crippen LogP contribution in [-0.2, 0) is 19.9 Å². The Morgan fingerprint density at radius 3 is 2.61 bits per heavy atom. The van der Waals surface area contributed by atoms with Gasteiger partial charge in [0.1, 0.15) is 17.2 Å². The van der Waals surface area contributed by atoms with Crippen molar-refractivity contribution in [1.82, 2.24) is 24.8 Å².